The minimum Gasteiger partial charge on any atom is -0.356 e. The second-order valence-corrected chi connectivity index (χ2v) is 6.94. The lowest BCUT2D eigenvalue weighted by molar-refractivity contribution is 0.597. The van der Waals surface area contributed by atoms with E-state index >= 15 is 0 Å². The maximum Gasteiger partial charge on any atom is 0.238 e. The van der Waals surface area contributed by atoms with Crippen LogP contribution < -0.4 is 15.8 Å². The van der Waals surface area contributed by atoms with Crippen LogP contribution in [0.3, 0.4) is 0 Å². The number of aliphatic imine (C=N–C) groups is 1. The Morgan fingerprint density at radius 2 is 1.80 bits per heavy atom. The molecule has 2 rings (SSSR count). The molecule has 0 atom stereocenters. The highest BCUT2D eigenvalue weighted by atomic mass is 32.2. The van der Waals surface area contributed by atoms with Crippen LogP contribution in [-0.4, -0.2) is 28.0 Å². The van der Waals surface area contributed by atoms with E-state index in [0.29, 0.717) is 31.0 Å². The van der Waals surface area contributed by atoms with E-state index < -0.39 is 10.0 Å². The Labute approximate surface area is 147 Å². The lowest BCUT2D eigenvalue weighted by Gasteiger charge is -2.12. The van der Waals surface area contributed by atoms with Crippen LogP contribution in [0.5, 0.6) is 0 Å². The quantitative estimate of drug-likeness (QED) is 0.533. The SMILES string of the molecule is CN=C(NCCc1ccccc1F)NCc1ccc(S(N)(=O)=O)cc1. The lowest BCUT2D eigenvalue weighted by Crippen LogP contribution is -2.37. The molecule has 134 valence electrons. The Morgan fingerprint density at radius 1 is 1.12 bits per heavy atom. The fraction of sp³-hybridized carbons (Fsp3) is 0.235. The topological polar surface area (TPSA) is 96.6 Å². The van der Waals surface area contributed by atoms with Crippen LogP contribution in [0.15, 0.2) is 58.4 Å². The summed E-state index contributed by atoms with van der Waals surface area (Å²) < 4.78 is 36.0. The predicted octanol–water partition coefficient (Wildman–Crippen LogP) is 1.38. The number of rotatable bonds is 6. The summed E-state index contributed by atoms with van der Waals surface area (Å²) >= 11 is 0. The zero-order valence-corrected chi connectivity index (χ0v) is 14.7. The third-order valence-corrected chi connectivity index (χ3v) is 4.51. The molecule has 0 radical (unpaired) electrons. The Morgan fingerprint density at radius 3 is 2.40 bits per heavy atom. The largest absolute Gasteiger partial charge is 0.356 e. The molecular formula is C17H21FN4O2S. The first-order chi connectivity index (χ1) is 11.9. The summed E-state index contributed by atoms with van der Waals surface area (Å²) in [7, 11) is -2.04. The molecule has 0 aliphatic carbocycles. The van der Waals surface area contributed by atoms with Gasteiger partial charge in [0, 0.05) is 20.1 Å². The molecule has 0 heterocycles. The number of hydrogen-bond donors (Lipinski definition) is 3. The van der Waals surface area contributed by atoms with Crippen LogP contribution in [0.1, 0.15) is 11.1 Å². The highest BCUT2D eigenvalue weighted by Gasteiger charge is 2.07. The number of hydrogen-bond acceptors (Lipinski definition) is 3. The van der Waals surface area contributed by atoms with Gasteiger partial charge in [-0.15, -0.1) is 0 Å². The molecular weight excluding hydrogens is 343 g/mol. The first-order valence-electron chi connectivity index (χ1n) is 7.70. The van der Waals surface area contributed by atoms with Crippen molar-refractivity contribution >= 4 is 16.0 Å². The summed E-state index contributed by atoms with van der Waals surface area (Å²) in [4.78, 5) is 4.17. The monoisotopic (exact) mass is 364 g/mol. The van der Waals surface area contributed by atoms with Gasteiger partial charge in [-0.2, -0.15) is 0 Å². The third-order valence-electron chi connectivity index (χ3n) is 3.58. The predicted molar refractivity (Wildman–Crippen MR) is 96.1 cm³/mol. The van der Waals surface area contributed by atoms with Crippen LogP contribution in [-0.2, 0) is 23.0 Å². The Kier molecular flexibility index (Phi) is 6.49. The third kappa shape index (κ3) is 5.84. The first-order valence-corrected chi connectivity index (χ1v) is 9.24. The fourth-order valence-electron chi connectivity index (χ4n) is 2.22. The number of sulfonamides is 1. The van der Waals surface area contributed by atoms with Crippen molar-refractivity contribution in [1.29, 1.82) is 0 Å². The molecule has 0 unspecified atom stereocenters. The van der Waals surface area contributed by atoms with Gasteiger partial charge in [0.05, 0.1) is 4.90 Å². The highest BCUT2D eigenvalue weighted by molar-refractivity contribution is 7.89. The molecule has 8 heteroatoms. The summed E-state index contributed by atoms with van der Waals surface area (Å²) in [5.74, 6) is 0.356. The van der Waals surface area contributed by atoms with Crippen LogP contribution >= 0.6 is 0 Å². The van der Waals surface area contributed by atoms with Crippen molar-refractivity contribution in [3.63, 3.8) is 0 Å². The average molecular weight is 364 g/mol. The maximum atomic E-state index is 13.6. The molecule has 0 aromatic heterocycles. The number of guanidine groups is 1. The second kappa shape index (κ2) is 8.59. The van der Waals surface area contributed by atoms with Gasteiger partial charge in [0.1, 0.15) is 5.82 Å². The number of halogens is 1. The summed E-state index contributed by atoms with van der Waals surface area (Å²) in [5, 5.41) is 11.3. The fourth-order valence-corrected chi connectivity index (χ4v) is 2.74. The van der Waals surface area contributed by atoms with E-state index in [0.717, 1.165) is 5.56 Å². The molecule has 0 aliphatic heterocycles. The molecule has 0 aliphatic rings. The van der Waals surface area contributed by atoms with Crippen molar-refractivity contribution in [3.05, 3.63) is 65.5 Å². The summed E-state index contributed by atoms with van der Waals surface area (Å²) in [6.07, 6.45) is 0.538. The molecule has 0 spiro atoms. The van der Waals surface area contributed by atoms with E-state index in [9.17, 15) is 12.8 Å². The molecule has 0 bridgehead atoms. The van der Waals surface area contributed by atoms with Gasteiger partial charge >= 0.3 is 0 Å². The van der Waals surface area contributed by atoms with Gasteiger partial charge in [0.2, 0.25) is 10.0 Å². The molecule has 0 amide bonds. The highest BCUT2D eigenvalue weighted by Crippen LogP contribution is 2.08. The smallest absolute Gasteiger partial charge is 0.238 e. The molecule has 25 heavy (non-hydrogen) atoms. The van der Waals surface area contributed by atoms with Crippen molar-refractivity contribution in [2.45, 2.75) is 17.9 Å². The molecule has 2 aromatic carbocycles. The van der Waals surface area contributed by atoms with Gasteiger partial charge in [-0.05, 0) is 35.7 Å². The van der Waals surface area contributed by atoms with E-state index in [1.165, 1.54) is 18.2 Å². The Balaban J connectivity index is 1.83. The molecule has 4 N–H and O–H groups in total. The number of nitrogens with one attached hydrogen (secondary N) is 2. The van der Waals surface area contributed by atoms with Crippen LogP contribution in [0.2, 0.25) is 0 Å². The standard InChI is InChI=1S/C17H21FN4O2S/c1-20-17(21-11-10-14-4-2-3-5-16(14)18)22-12-13-6-8-15(9-7-13)25(19,23)24/h2-9H,10-12H2,1H3,(H2,19,23,24)(H2,20,21,22). The van der Waals surface area contributed by atoms with Crippen LogP contribution in [0.25, 0.3) is 0 Å². The van der Waals surface area contributed by atoms with E-state index in [2.05, 4.69) is 15.6 Å². The van der Waals surface area contributed by atoms with E-state index in [4.69, 9.17) is 5.14 Å². The van der Waals surface area contributed by atoms with Gasteiger partial charge in [-0.3, -0.25) is 4.99 Å². The molecule has 2 aromatic rings. The number of benzene rings is 2. The van der Waals surface area contributed by atoms with Gasteiger partial charge in [0.25, 0.3) is 0 Å². The lowest BCUT2D eigenvalue weighted by atomic mass is 10.1. The maximum absolute atomic E-state index is 13.6. The van der Waals surface area contributed by atoms with E-state index in [1.807, 2.05) is 0 Å². The van der Waals surface area contributed by atoms with Gasteiger partial charge in [0.15, 0.2) is 5.96 Å². The summed E-state index contributed by atoms with van der Waals surface area (Å²) in [6, 6.07) is 12.9. The normalized spacial score (nSPS) is 12.0. The summed E-state index contributed by atoms with van der Waals surface area (Å²) in [6.45, 7) is 0.995. The second-order valence-electron chi connectivity index (χ2n) is 5.38. The van der Waals surface area contributed by atoms with Crippen molar-refractivity contribution < 1.29 is 12.8 Å². The number of nitrogens with zero attached hydrogens (tertiary/aromatic N) is 1. The number of nitrogens with two attached hydrogens (primary N) is 1. The van der Waals surface area contributed by atoms with Crippen LogP contribution in [0, 0.1) is 5.82 Å². The average Bonchev–Trinajstić information content (AvgIpc) is 2.59. The van der Waals surface area contributed by atoms with Gasteiger partial charge in [-0.1, -0.05) is 30.3 Å². The van der Waals surface area contributed by atoms with Crippen molar-refractivity contribution in [3.8, 4) is 0 Å². The molecule has 6 nitrogen and oxygen atoms in total. The van der Waals surface area contributed by atoms with Gasteiger partial charge < -0.3 is 10.6 Å². The molecule has 0 saturated heterocycles. The van der Waals surface area contributed by atoms with E-state index in [1.54, 1.807) is 37.4 Å². The minimum atomic E-state index is -3.68. The minimum absolute atomic E-state index is 0.0728. The van der Waals surface area contributed by atoms with Crippen molar-refractivity contribution in [2.75, 3.05) is 13.6 Å². The zero-order chi connectivity index (χ0) is 18.3. The summed E-state index contributed by atoms with van der Waals surface area (Å²) in [5.41, 5.74) is 1.52. The zero-order valence-electron chi connectivity index (χ0n) is 13.9. The molecule has 0 saturated carbocycles. The first kappa shape index (κ1) is 18.9. The van der Waals surface area contributed by atoms with Crippen molar-refractivity contribution in [2.24, 2.45) is 10.1 Å². The van der Waals surface area contributed by atoms with Gasteiger partial charge in [-0.25, -0.2) is 17.9 Å². The number of primary sulfonamides is 1. The van der Waals surface area contributed by atoms with Crippen molar-refractivity contribution in [1.82, 2.24) is 10.6 Å². The van der Waals surface area contributed by atoms with E-state index in [-0.39, 0.29) is 10.7 Å². The Bertz CT molecular complexity index is 836. The molecule has 0 fully saturated rings. The Hall–Kier alpha value is -2.45. The van der Waals surface area contributed by atoms with Crippen LogP contribution in [0.4, 0.5) is 4.39 Å².